The van der Waals surface area contributed by atoms with Gasteiger partial charge in [-0.05, 0) is 19.1 Å². The fourth-order valence-electron chi connectivity index (χ4n) is 1.33. The average Bonchev–Trinajstić information content (AvgIpc) is 2.30. The summed E-state index contributed by atoms with van der Waals surface area (Å²) in [6.45, 7) is 2.65. The second-order valence-electron chi connectivity index (χ2n) is 3.16. The van der Waals surface area contributed by atoms with E-state index >= 15 is 0 Å². The van der Waals surface area contributed by atoms with E-state index in [9.17, 15) is 4.79 Å². The van der Waals surface area contributed by atoms with Crippen LogP contribution in [0.2, 0.25) is 0 Å². The van der Waals surface area contributed by atoms with Crippen LogP contribution in [0.25, 0.3) is 0 Å². The smallest absolute Gasteiger partial charge is 0.293 e. The first-order valence-electron chi connectivity index (χ1n) is 5.10. The summed E-state index contributed by atoms with van der Waals surface area (Å²) in [6.07, 6.45) is 1.24. The Bertz CT molecular complexity index is 370. The molecule has 1 heterocycles. The highest BCUT2D eigenvalue weighted by atomic mass is 16.7. The Morgan fingerprint density at radius 1 is 1.38 bits per heavy atom. The summed E-state index contributed by atoms with van der Waals surface area (Å²) < 4.78 is 16.8. The molecule has 1 rings (SSSR count). The topological polar surface area (TPSA) is 49.7 Å². The lowest BCUT2D eigenvalue weighted by Crippen LogP contribution is -2.29. The molecule has 0 amide bonds. The SMILES string of the molecule is CCOc1cccn(CC(OC)OC)c1=O. The molecule has 5 nitrogen and oxygen atoms in total. The molecule has 0 fully saturated rings. The highest BCUT2D eigenvalue weighted by Gasteiger charge is 2.09. The highest BCUT2D eigenvalue weighted by molar-refractivity contribution is 5.17. The number of nitrogens with zero attached hydrogens (tertiary/aromatic N) is 1. The van der Waals surface area contributed by atoms with E-state index in [0.29, 0.717) is 18.9 Å². The number of ether oxygens (including phenoxy) is 3. The van der Waals surface area contributed by atoms with Crippen molar-refractivity contribution in [3.63, 3.8) is 0 Å². The molecule has 16 heavy (non-hydrogen) atoms. The van der Waals surface area contributed by atoms with Gasteiger partial charge in [0, 0.05) is 20.4 Å². The van der Waals surface area contributed by atoms with Crippen LogP contribution >= 0.6 is 0 Å². The Labute approximate surface area is 94.6 Å². The van der Waals surface area contributed by atoms with Gasteiger partial charge >= 0.3 is 0 Å². The molecule has 0 bridgehead atoms. The molecule has 0 aliphatic carbocycles. The van der Waals surface area contributed by atoms with Crippen molar-refractivity contribution in [3.8, 4) is 5.75 Å². The fraction of sp³-hybridized carbons (Fsp3) is 0.545. The van der Waals surface area contributed by atoms with Crippen molar-refractivity contribution in [2.24, 2.45) is 0 Å². The van der Waals surface area contributed by atoms with Crippen molar-refractivity contribution in [2.45, 2.75) is 19.8 Å². The summed E-state index contributed by atoms with van der Waals surface area (Å²) in [4.78, 5) is 11.9. The van der Waals surface area contributed by atoms with E-state index in [1.807, 2.05) is 6.92 Å². The van der Waals surface area contributed by atoms with Gasteiger partial charge in [-0.3, -0.25) is 4.79 Å². The van der Waals surface area contributed by atoms with Crippen molar-refractivity contribution in [1.82, 2.24) is 4.57 Å². The zero-order valence-corrected chi connectivity index (χ0v) is 9.80. The summed E-state index contributed by atoms with van der Waals surface area (Å²) in [5.41, 5.74) is -0.177. The first-order chi connectivity index (χ1) is 7.72. The van der Waals surface area contributed by atoms with Crippen LogP contribution in [-0.2, 0) is 16.0 Å². The van der Waals surface area contributed by atoms with Gasteiger partial charge in [-0.1, -0.05) is 0 Å². The third kappa shape index (κ3) is 3.08. The third-order valence-corrected chi connectivity index (χ3v) is 2.16. The van der Waals surface area contributed by atoms with Gasteiger partial charge in [-0.2, -0.15) is 0 Å². The van der Waals surface area contributed by atoms with Crippen LogP contribution in [0, 0.1) is 0 Å². The first kappa shape index (κ1) is 12.7. The molecule has 0 aliphatic rings. The van der Waals surface area contributed by atoms with Crippen molar-refractivity contribution in [2.75, 3.05) is 20.8 Å². The lowest BCUT2D eigenvalue weighted by Gasteiger charge is -2.15. The van der Waals surface area contributed by atoms with Crippen LogP contribution in [0.4, 0.5) is 0 Å². The van der Waals surface area contributed by atoms with E-state index in [1.165, 1.54) is 18.8 Å². The van der Waals surface area contributed by atoms with Gasteiger partial charge in [0.1, 0.15) is 0 Å². The van der Waals surface area contributed by atoms with Crippen LogP contribution < -0.4 is 10.3 Å². The molecule has 0 saturated carbocycles. The van der Waals surface area contributed by atoms with Crippen LogP contribution in [0.5, 0.6) is 5.75 Å². The molecule has 0 spiro atoms. The number of hydrogen-bond donors (Lipinski definition) is 0. The predicted molar refractivity (Wildman–Crippen MR) is 59.7 cm³/mol. The van der Waals surface area contributed by atoms with Crippen LogP contribution in [0.15, 0.2) is 23.1 Å². The lowest BCUT2D eigenvalue weighted by atomic mass is 10.4. The van der Waals surface area contributed by atoms with Crippen LogP contribution in [0.3, 0.4) is 0 Å². The second-order valence-corrected chi connectivity index (χ2v) is 3.16. The van der Waals surface area contributed by atoms with Crippen molar-refractivity contribution < 1.29 is 14.2 Å². The molecule has 5 heteroatoms. The van der Waals surface area contributed by atoms with E-state index in [0.717, 1.165) is 0 Å². The van der Waals surface area contributed by atoms with Gasteiger partial charge in [0.05, 0.1) is 13.2 Å². The van der Waals surface area contributed by atoms with Gasteiger partial charge in [0.25, 0.3) is 5.56 Å². The van der Waals surface area contributed by atoms with Crippen molar-refractivity contribution >= 4 is 0 Å². The van der Waals surface area contributed by atoms with E-state index in [2.05, 4.69) is 0 Å². The Hall–Kier alpha value is -1.33. The zero-order chi connectivity index (χ0) is 12.0. The minimum atomic E-state index is -0.436. The van der Waals surface area contributed by atoms with Crippen molar-refractivity contribution in [3.05, 3.63) is 28.7 Å². The molecular weight excluding hydrogens is 210 g/mol. The summed E-state index contributed by atoms with van der Waals surface area (Å²) in [5.74, 6) is 0.343. The Balaban J connectivity index is 2.88. The highest BCUT2D eigenvalue weighted by Crippen LogP contribution is 2.03. The molecule has 0 atom stereocenters. The summed E-state index contributed by atoms with van der Waals surface area (Å²) in [7, 11) is 3.07. The molecule has 0 saturated heterocycles. The van der Waals surface area contributed by atoms with Gasteiger partial charge in [0.2, 0.25) is 0 Å². The molecule has 90 valence electrons. The number of rotatable bonds is 6. The number of pyridine rings is 1. The molecule has 1 aromatic rings. The normalized spacial score (nSPS) is 10.8. The average molecular weight is 227 g/mol. The van der Waals surface area contributed by atoms with E-state index < -0.39 is 6.29 Å². The minimum Gasteiger partial charge on any atom is -0.488 e. The number of aromatic nitrogens is 1. The van der Waals surface area contributed by atoms with E-state index in [1.54, 1.807) is 18.3 Å². The van der Waals surface area contributed by atoms with Crippen LogP contribution in [0.1, 0.15) is 6.92 Å². The molecular formula is C11H17NO4. The van der Waals surface area contributed by atoms with Crippen LogP contribution in [-0.4, -0.2) is 31.7 Å². The Morgan fingerprint density at radius 3 is 2.62 bits per heavy atom. The summed E-state index contributed by atoms with van der Waals surface area (Å²) in [5, 5.41) is 0. The summed E-state index contributed by atoms with van der Waals surface area (Å²) >= 11 is 0. The van der Waals surface area contributed by atoms with Gasteiger partial charge < -0.3 is 18.8 Å². The largest absolute Gasteiger partial charge is 0.488 e. The minimum absolute atomic E-state index is 0.177. The van der Waals surface area contributed by atoms with E-state index in [-0.39, 0.29) is 5.56 Å². The molecule has 0 aromatic carbocycles. The standard InChI is InChI=1S/C11H17NO4/c1-4-16-9-6-5-7-12(11(9)13)8-10(14-2)15-3/h5-7,10H,4,8H2,1-3H3. The monoisotopic (exact) mass is 227 g/mol. The number of hydrogen-bond acceptors (Lipinski definition) is 4. The Kier molecular flexibility index (Phi) is 5.01. The number of methoxy groups -OCH3 is 2. The first-order valence-corrected chi connectivity index (χ1v) is 5.10. The molecule has 1 aromatic heterocycles. The molecule has 0 N–H and O–H groups in total. The molecule has 0 aliphatic heterocycles. The fourth-order valence-corrected chi connectivity index (χ4v) is 1.33. The summed E-state index contributed by atoms with van der Waals surface area (Å²) in [6, 6.07) is 3.41. The molecule has 0 unspecified atom stereocenters. The van der Waals surface area contributed by atoms with Gasteiger partial charge in [-0.25, -0.2) is 0 Å². The maximum atomic E-state index is 11.9. The van der Waals surface area contributed by atoms with Crippen molar-refractivity contribution in [1.29, 1.82) is 0 Å². The maximum Gasteiger partial charge on any atom is 0.293 e. The Morgan fingerprint density at radius 2 is 2.06 bits per heavy atom. The quantitative estimate of drug-likeness (QED) is 0.676. The molecule has 0 radical (unpaired) electrons. The third-order valence-electron chi connectivity index (χ3n) is 2.16. The van der Waals surface area contributed by atoms with Gasteiger partial charge in [0.15, 0.2) is 12.0 Å². The van der Waals surface area contributed by atoms with Gasteiger partial charge in [-0.15, -0.1) is 0 Å². The second kappa shape index (κ2) is 6.30. The predicted octanol–water partition coefficient (Wildman–Crippen LogP) is 0.866. The maximum absolute atomic E-state index is 11.9. The zero-order valence-electron chi connectivity index (χ0n) is 9.80. The van der Waals surface area contributed by atoms with E-state index in [4.69, 9.17) is 14.2 Å². The lowest BCUT2D eigenvalue weighted by molar-refractivity contribution is -0.111.